The van der Waals surface area contributed by atoms with E-state index in [0.717, 1.165) is 27.3 Å². The van der Waals surface area contributed by atoms with Gasteiger partial charge in [-0.1, -0.05) is 28.1 Å². The predicted octanol–water partition coefficient (Wildman–Crippen LogP) is -0.0162. The molecule has 2 nitrogen and oxygen atoms in total. The van der Waals surface area contributed by atoms with Crippen LogP contribution in [0.15, 0.2) is 64.8 Å². The molecule has 20 heavy (non-hydrogen) atoms. The molecule has 2 aromatic carbocycles. The zero-order valence-corrected chi connectivity index (χ0v) is 13.3. The van der Waals surface area contributed by atoms with Gasteiger partial charge in [-0.05, 0) is 37.3 Å². The highest BCUT2D eigenvalue weighted by atomic mass is 79.9. The third kappa shape index (κ3) is 3.11. The quantitative estimate of drug-likeness (QED) is 0.744. The summed E-state index contributed by atoms with van der Waals surface area (Å²) in [5.41, 5.74) is 5.58. The Hall–Kier alpha value is -1.58. The first-order chi connectivity index (χ1) is 9.22. The summed E-state index contributed by atoms with van der Waals surface area (Å²) in [4.78, 5) is 3.49. The SMILES string of the molecule is CC1=CC(c2ccc(Br)cc2)=[NH+]c2ccccc2N1.[Cl-]. The number of anilines is 1. The van der Waals surface area contributed by atoms with Crippen LogP contribution in [0.2, 0.25) is 0 Å². The van der Waals surface area contributed by atoms with Gasteiger partial charge >= 0.3 is 0 Å². The maximum absolute atomic E-state index is 3.49. The van der Waals surface area contributed by atoms with Gasteiger partial charge in [-0.3, -0.25) is 0 Å². The van der Waals surface area contributed by atoms with Gasteiger partial charge in [0, 0.05) is 27.9 Å². The fraction of sp³-hybridized carbons (Fsp3) is 0.0625. The molecule has 0 spiro atoms. The van der Waals surface area contributed by atoms with Gasteiger partial charge in [-0.15, -0.1) is 0 Å². The molecule has 0 radical (unpaired) electrons. The summed E-state index contributed by atoms with van der Waals surface area (Å²) in [6, 6.07) is 16.5. The number of allylic oxidation sites excluding steroid dienone is 2. The van der Waals surface area contributed by atoms with Crippen molar-refractivity contribution in [2.75, 3.05) is 5.32 Å². The van der Waals surface area contributed by atoms with E-state index in [9.17, 15) is 0 Å². The topological polar surface area (TPSA) is 26.0 Å². The first-order valence-corrected chi connectivity index (χ1v) is 6.96. The Labute approximate surface area is 133 Å². The van der Waals surface area contributed by atoms with Gasteiger partial charge in [0.15, 0.2) is 0 Å². The summed E-state index contributed by atoms with van der Waals surface area (Å²) in [5, 5.41) is 3.40. The average molecular weight is 350 g/mol. The molecule has 2 aromatic rings. The number of hydrogen-bond donors (Lipinski definition) is 2. The van der Waals surface area contributed by atoms with E-state index in [0.29, 0.717) is 0 Å². The second-order valence-electron chi connectivity index (χ2n) is 4.54. The molecule has 2 N–H and O–H groups in total. The van der Waals surface area contributed by atoms with Crippen LogP contribution in [0.25, 0.3) is 0 Å². The summed E-state index contributed by atoms with van der Waals surface area (Å²) in [6.45, 7) is 2.07. The van der Waals surface area contributed by atoms with Crippen LogP contribution in [0, 0.1) is 0 Å². The monoisotopic (exact) mass is 348 g/mol. The van der Waals surface area contributed by atoms with E-state index >= 15 is 0 Å². The van der Waals surface area contributed by atoms with Crippen molar-refractivity contribution in [1.29, 1.82) is 0 Å². The van der Waals surface area contributed by atoms with Gasteiger partial charge in [-0.25, -0.2) is 4.99 Å². The molecule has 0 atom stereocenters. The highest BCUT2D eigenvalue weighted by Crippen LogP contribution is 2.20. The molecule has 0 fully saturated rings. The number of hydrogen-bond acceptors (Lipinski definition) is 1. The molecule has 0 aliphatic carbocycles. The first-order valence-electron chi connectivity index (χ1n) is 6.17. The molecule has 0 unspecified atom stereocenters. The lowest BCUT2D eigenvalue weighted by Gasteiger charge is -2.02. The van der Waals surface area contributed by atoms with Crippen LogP contribution < -0.4 is 22.7 Å². The molecule has 4 heteroatoms. The van der Waals surface area contributed by atoms with Crippen molar-refractivity contribution in [3.63, 3.8) is 0 Å². The van der Waals surface area contributed by atoms with Crippen molar-refractivity contribution in [2.24, 2.45) is 0 Å². The van der Waals surface area contributed by atoms with Crippen molar-refractivity contribution in [2.45, 2.75) is 6.92 Å². The summed E-state index contributed by atoms with van der Waals surface area (Å²) in [7, 11) is 0. The van der Waals surface area contributed by atoms with Gasteiger partial charge in [-0.2, -0.15) is 0 Å². The minimum atomic E-state index is 0. The van der Waals surface area contributed by atoms with Crippen LogP contribution >= 0.6 is 15.9 Å². The molecule has 1 aliphatic rings. The standard InChI is InChI=1S/C16H13BrN2.ClH/c1-11-10-16(12-6-8-13(17)9-7-12)19-15-5-3-2-4-14(15)18-11;/h2-10,18H,1H3;1H. The van der Waals surface area contributed by atoms with Crippen LogP contribution in [0.4, 0.5) is 11.4 Å². The summed E-state index contributed by atoms with van der Waals surface area (Å²) in [6.07, 6.45) is 2.13. The van der Waals surface area contributed by atoms with Gasteiger partial charge in [0.2, 0.25) is 11.4 Å². The van der Waals surface area contributed by atoms with E-state index < -0.39 is 0 Å². The summed E-state index contributed by atoms with van der Waals surface area (Å²) in [5.74, 6) is 0. The smallest absolute Gasteiger partial charge is 0.227 e. The Morgan fingerprint density at radius 1 is 1.00 bits per heavy atom. The maximum Gasteiger partial charge on any atom is 0.227 e. The molecule has 1 aliphatic heterocycles. The number of benzene rings is 2. The Morgan fingerprint density at radius 3 is 2.45 bits per heavy atom. The first kappa shape index (κ1) is 14.8. The van der Waals surface area contributed by atoms with Crippen molar-refractivity contribution in [3.05, 3.63) is 70.3 Å². The number of rotatable bonds is 1. The van der Waals surface area contributed by atoms with Gasteiger partial charge < -0.3 is 17.7 Å². The zero-order chi connectivity index (χ0) is 13.2. The molecule has 0 saturated carbocycles. The minimum absolute atomic E-state index is 0. The molecular weight excluding hydrogens is 336 g/mol. The number of para-hydroxylation sites is 2. The lowest BCUT2D eigenvalue weighted by molar-refractivity contribution is -0.350. The second kappa shape index (κ2) is 6.25. The Balaban J connectivity index is 0.00000147. The average Bonchev–Trinajstić information content (AvgIpc) is 2.57. The fourth-order valence-electron chi connectivity index (χ4n) is 2.13. The van der Waals surface area contributed by atoms with Crippen molar-refractivity contribution in [1.82, 2.24) is 0 Å². The third-order valence-corrected chi connectivity index (χ3v) is 3.57. The van der Waals surface area contributed by atoms with Crippen LogP contribution in [-0.4, -0.2) is 5.71 Å². The van der Waals surface area contributed by atoms with Crippen molar-refractivity contribution >= 4 is 33.0 Å². The van der Waals surface area contributed by atoms with Gasteiger partial charge in [0.25, 0.3) is 0 Å². The van der Waals surface area contributed by atoms with Crippen LogP contribution in [-0.2, 0) is 0 Å². The molecular formula is C16H14BrClN2. The lowest BCUT2D eigenvalue weighted by Crippen LogP contribution is -3.00. The Kier molecular flexibility index (Phi) is 4.63. The summed E-state index contributed by atoms with van der Waals surface area (Å²) >= 11 is 3.47. The Bertz CT molecular complexity index is 675. The molecule has 102 valence electrons. The second-order valence-corrected chi connectivity index (χ2v) is 5.46. The largest absolute Gasteiger partial charge is 1.00 e. The lowest BCUT2D eigenvalue weighted by atomic mass is 10.1. The van der Waals surface area contributed by atoms with E-state index in [1.54, 1.807) is 0 Å². The number of nitrogens with one attached hydrogen (secondary N) is 2. The van der Waals surface area contributed by atoms with E-state index in [2.05, 4.69) is 75.6 Å². The molecule has 0 aromatic heterocycles. The van der Waals surface area contributed by atoms with Crippen molar-refractivity contribution < 1.29 is 17.4 Å². The highest BCUT2D eigenvalue weighted by molar-refractivity contribution is 9.10. The third-order valence-electron chi connectivity index (χ3n) is 3.04. The molecule has 0 saturated heterocycles. The molecule has 3 rings (SSSR count). The maximum atomic E-state index is 3.49. The van der Waals surface area contributed by atoms with E-state index in [1.807, 2.05) is 12.1 Å². The predicted molar refractivity (Wildman–Crippen MR) is 82.7 cm³/mol. The Morgan fingerprint density at radius 2 is 1.70 bits per heavy atom. The minimum Gasteiger partial charge on any atom is -1.00 e. The van der Waals surface area contributed by atoms with E-state index in [-0.39, 0.29) is 12.4 Å². The molecule has 1 heterocycles. The van der Waals surface area contributed by atoms with Crippen molar-refractivity contribution in [3.8, 4) is 0 Å². The van der Waals surface area contributed by atoms with Crippen LogP contribution in [0.3, 0.4) is 0 Å². The highest BCUT2D eigenvalue weighted by Gasteiger charge is 2.15. The summed E-state index contributed by atoms with van der Waals surface area (Å²) < 4.78 is 1.09. The molecule has 0 amide bonds. The molecule has 0 bridgehead atoms. The normalized spacial score (nSPS) is 13.1. The zero-order valence-electron chi connectivity index (χ0n) is 11.0. The van der Waals surface area contributed by atoms with Crippen LogP contribution in [0.5, 0.6) is 0 Å². The van der Waals surface area contributed by atoms with Gasteiger partial charge in [0.1, 0.15) is 5.69 Å². The van der Waals surface area contributed by atoms with Gasteiger partial charge in [0.05, 0.1) is 0 Å². The van der Waals surface area contributed by atoms with E-state index in [1.165, 1.54) is 5.56 Å². The van der Waals surface area contributed by atoms with Crippen LogP contribution in [0.1, 0.15) is 12.5 Å². The van der Waals surface area contributed by atoms with E-state index in [4.69, 9.17) is 0 Å². The number of halogens is 2. The fourth-order valence-corrected chi connectivity index (χ4v) is 2.40. The number of fused-ring (bicyclic) bond motifs is 1.